The Hall–Kier alpha value is -5.57. The van der Waals surface area contributed by atoms with Gasteiger partial charge in [-0.3, -0.25) is 9.55 Å². The predicted molar refractivity (Wildman–Crippen MR) is 257 cm³/mol. The van der Waals surface area contributed by atoms with Crippen LogP contribution >= 0.6 is 0 Å². The van der Waals surface area contributed by atoms with E-state index in [1.165, 1.54) is 11.1 Å². The van der Waals surface area contributed by atoms with Gasteiger partial charge >= 0.3 is 0 Å². The van der Waals surface area contributed by atoms with E-state index in [9.17, 15) is 5.11 Å². The molecule has 8 rings (SSSR count). The molecule has 5 heteroatoms. The van der Waals surface area contributed by atoms with Crippen molar-refractivity contribution in [3.63, 3.8) is 0 Å². The Morgan fingerprint density at radius 2 is 1.27 bits per heavy atom. The number of aromatic hydroxyl groups is 1. The molecule has 318 valence electrons. The first-order valence-corrected chi connectivity index (χ1v) is 21.2. The Kier molecular flexibility index (Phi) is 10.8. The van der Waals surface area contributed by atoms with Crippen molar-refractivity contribution >= 4 is 11.0 Å². The summed E-state index contributed by atoms with van der Waals surface area (Å²) in [5.41, 5.74) is 14.2. The van der Waals surface area contributed by atoms with Gasteiger partial charge in [0, 0.05) is 42.6 Å². The van der Waals surface area contributed by atoms with Crippen LogP contribution in [0, 0.1) is 26.8 Å². The summed E-state index contributed by atoms with van der Waals surface area (Å²) in [7, 11) is 0. The fourth-order valence-electron chi connectivity index (χ4n) is 8.30. The first-order chi connectivity index (χ1) is 30.0. The summed E-state index contributed by atoms with van der Waals surface area (Å²) in [4.78, 5) is 10.4. The number of pyridine rings is 1. The Morgan fingerprint density at radius 1 is 0.597 bits per heavy atom. The summed E-state index contributed by atoms with van der Waals surface area (Å²) in [5.74, 6) is 0.572. The second-order valence-corrected chi connectivity index (χ2v) is 19.7. The van der Waals surface area contributed by atoms with Crippen molar-refractivity contribution in [1.82, 2.24) is 14.5 Å². The van der Waals surface area contributed by atoms with Crippen LogP contribution in [0.25, 0.3) is 72.7 Å². The normalized spacial score (nSPS) is 13.0. The molecule has 2 aromatic heterocycles. The van der Waals surface area contributed by atoms with Crippen molar-refractivity contribution < 1.29 is 30.3 Å². The maximum absolute atomic E-state index is 12.4. The molecule has 0 atom stereocenters. The fourth-order valence-corrected chi connectivity index (χ4v) is 8.30. The van der Waals surface area contributed by atoms with Gasteiger partial charge in [-0.1, -0.05) is 175 Å². The molecular formula is C57H58N3OPt-. The van der Waals surface area contributed by atoms with Gasteiger partial charge < -0.3 is 5.11 Å². The molecule has 62 heavy (non-hydrogen) atoms. The Morgan fingerprint density at radius 3 is 1.94 bits per heavy atom. The fraction of sp³-hybridized carbons (Fsp3) is 0.263. The minimum Gasteiger partial charge on any atom is -0.507 e. The van der Waals surface area contributed by atoms with Crippen LogP contribution in [0.3, 0.4) is 0 Å². The topological polar surface area (TPSA) is 50.9 Å². The molecule has 1 N–H and O–H groups in total. The van der Waals surface area contributed by atoms with Crippen LogP contribution in [0.4, 0.5) is 0 Å². The molecule has 0 amide bonds. The van der Waals surface area contributed by atoms with Crippen LogP contribution in [0.2, 0.25) is 0 Å². The van der Waals surface area contributed by atoms with E-state index in [2.05, 4.69) is 137 Å². The van der Waals surface area contributed by atoms with Crippen LogP contribution < -0.4 is 0 Å². The maximum atomic E-state index is 12.4. The summed E-state index contributed by atoms with van der Waals surface area (Å²) < 4.78 is 28.6. The zero-order valence-corrected chi connectivity index (χ0v) is 40.0. The number of hydrogen-bond donors (Lipinski definition) is 1. The molecule has 0 radical (unpaired) electrons. The predicted octanol–water partition coefficient (Wildman–Crippen LogP) is 15.1. The first-order valence-electron chi connectivity index (χ1n) is 22.7. The van der Waals surface area contributed by atoms with Gasteiger partial charge in [0.25, 0.3) is 0 Å². The van der Waals surface area contributed by atoms with Gasteiger partial charge in [0.1, 0.15) is 11.6 Å². The van der Waals surface area contributed by atoms with E-state index in [4.69, 9.17) is 14.1 Å². The van der Waals surface area contributed by atoms with Crippen LogP contribution in [-0.4, -0.2) is 19.6 Å². The van der Waals surface area contributed by atoms with Crippen molar-refractivity contribution in [2.75, 3.05) is 0 Å². The summed E-state index contributed by atoms with van der Waals surface area (Å²) in [6.45, 7) is 20.8. The second-order valence-electron chi connectivity index (χ2n) is 19.7. The molecule has 2 heterocycles. The van der Waals surface area contributed by atoms with Gasteiger partial charge in [0.05, 0.1) is 22.3 Å². The van der Waals surface area contributed by atoms with E-state index in [1.807, 2.05) is 77.5 Å². The van der Waals surface area contributed by atoms with E-state index < -0.39 is 12.3 Å². The number of fused-ring (bicyclic) bond motifs is 1. The molecule has 6 aromatic carbocycles. The molecule has 0 spiro atoms. The van der Waals surface area contributed by atoms with Crippen LogP contribution in [0.15, 0.2) is 128 Å². The summed E-state index contributed by atoms with van der Waals surface area (Å²) in [5, 5.41) is 12.4. The number of para-hydroxylation sites is 1. The van der Waals surface area contributed by atoms with Crippen molar-refractivity contribution in [3.8, 4) is 67.5 Å². The quantitative estimate of drug-likeness (QED) is 0.169. The number of phenols is 1. The Balaban J connectivity index is 0.00000630. The average Bonchev–Trinajstić information content (AvgIpc) is 3.61. The third-order valence-corrected chi connectivity index (χ3v) is 11.7. The van der Waals surface area contributed by atoms with Crippen LogP contribution in [0.5, 0.6) is 5.75 Å². The standard InChI is InChI=1S/C57H58N3O.Pt/c1-35-25-36(2)27-40(26-35)39-23-24-58-49(32-39)43-30-41(38-17-14-13-15-18-38)29-42(31-43)46-19-16-20-51-52(46)59-54(60(51)50-22-21-44(28-37(50)3)55(4,5)6)47-33-45(56(7,8)9)34-48(53(47)61)57(10,11)12;/h13-30,32-34,61H,1-12H3;/q-1;/i3D3;. The number of phenolic OH excluding ortho intramolecular Hbond substituents is 1. The van der Waals surface area contributed by atoms with Crippen molar-refractivity contribution in [3.05, 3.63) is 167 Å². The Labute approximate surface area is 387 Å². The molecule has 0 aliphatic rings. The average molecular weight is 999 g/mol. The van der Waals surface area contributed by atoms with Gasteiger partial charge in [-0.25, -0.2) is 4.98 Å². The van der Waals surface area contributed by atoms with Gasteiger partial charge in [-0.2, -0.15) is 0 Å². The number of nitrogens with zero attached hydrogens (tertiary/aromatic N) is 3. The third-order valence-electron chi connectivity index (χ3n) is 11.7. The second kappa shape index (κ2) is 16.6. The number of benzene rings is 6. The monoisotopic (exact) mass is 998 g/mol. The van der Waals surface area contributed by atoms with Crippen molar-refractivity contribution in [2.24, 2.45) is 0 Å². The zero-order chi connectivity index (χ0) is 46.1. The third kappa shape index (κ3) is 8.73. The number of hydrogen-bond acceptors (Lipinski definition) is 3. The van der Waals surface area contributed by atoms with E-state index in [1.54, 1.807) is 0 Å². The molecule has 0 saturated carbocycles. The smallest absolute Gasteiger partial charge is 0.148 e. The first kappa shape index (κ1) is 40.5. The van der Waals surface area contributed by atoms with E-state index in [0.717, 1.165) is 61.3 Å². The molecule has 8 aromatic rings. The zero-order valence-electron chi connectivity index (χ0n) is 40.7. The van der Waals surface area contributed by atoms with Crippen molar-refractivity contribution in [2.45, 2.75) is 99.3 Å². The van der Waals surface area contributed by atoms with Crippen molar-refractivity contribution in [1.29, 1.82) is 0 Å². The summed E-state index contributed by atoms with van der Waals surface area (Å²) in [6.07, 6.45) is 1.86. The SMILES string of the molecule is [2H]C([2H])([2H])c1cc(C(C)(C)C)ccc1-n1c(-c2cc(C(C)(C)C)cc(C(C)(C)C)c2O)nc2c(-c3[c-]c(-c4cc(-c5cc(C)cc(C)c5)ccn4)cc(-c4ccccc4)c3)cccc21.[Pt]. The minimum absolute atomic E-state index is 0. The molecule has 0 aliphatic heterocycles. The molecule has 0 saturated heterocycles. The van der Waals surface area contributed by atoms with E-state index in [0.29, 0.717) is 28.1 Å². The number of aryl methyl sites for hydroxylation is 3. The molecular weight excluding hydrogens is 938 g/mol. The van der Waals surface area contributed by atoms with Gasteiger partial charge in [-0.15, -0.1) is 23.8 Å². The van der Waals surface area contributed by atoms with Crippen LogP contribution in [0.1, 0.15) is 99.8 Å². The van der Waals surface area contributed by atoms with Crippen LogP contribution in [-0.2, 0) is 37.3 Å². The van der Waals surface area contributed by atoms with E-state index in [-0.39, 0.29) is 43.2 Å². The van der Waals surface area contributed by atoms with Gasteiger partial charge in [0.2, 0.25) is 0 Å². The molecule has 0 aliphatic carbocycles. The maximum Gasteiger partial charge on any atom is 0.148 e. The molecule has 0 unspecified atom stereocenters. The summed E-state index contributed by atoms with van der Waals surface area (Å²) in [6, 6.07) is 45.0. The van der Waals surface area contributed by atoms with E-state index >= 15 is 0 Å². The minimum atomic E-state index is -2.46. The Bertz CT molecular complexity index is 3050. The number of aromatic nitrogens is 3. The molecule has 0 bridgehead atoms. The van der Waals surface area contributed by atoms with Gasteiger partial charge in [-0.05, 0) is 94.6 Å². The number of imidazole rings is 1. The molecule has 4 nitrogen and oxygen atoms in total. The largest absolute Gasteiger partial charge is 0.507 e. The van der Waals surface area contributed by atoms with Gasteiger partial charge in [0.15, 0.2) is 0 Å². The number of rotatable bonds is 6. The summed E-state index contributed by atoms with van der Waals surface area (Å²) >= 11 is 0. The molecule has 0 fully saturated rings.